The van der Waals surface area contributed by atoms with E-state index < -0.39 is 5.97 Å². The molecule has 1 aliphatic rings. The van der Waals surface area contributed by atoms with E-state index in [1.165, 1.54) is 17.3 Å². The monoisotopic (exact) mass is 245 g/mol. The number of nitrogens with zero attached hydrogens (tertiary/aromatic N) is 3. The number of aromatic carboxylic acids is 1. The third-order valence-corrected chi connectivity index (χ3v) is 2.82. The fourth-order valence-electron chi connectivity index (χ4n) is 1.75. The van der Waals surface area contributed by atoms with Gasteiger partial charge in [-0.25, -0.2) is 4.79 Å². The van der Waals surface area contributed by atoms with Crippen molar-refractivity contribution < 1.29 is 62.7 Å². The summed E-state index contributed by atoms with van der Waals surface area (Å²) in [5, 5.41) is 21.6. The zero-order chi connectivity index (χ0) is 10.8. The minimum absolute atomic E-state index is 0. The van der Waals surface area contributed by atoms with E-state index in [2.05, 4.69) is 5.10 Å². The van der Waals surface area contributed by atoms with Crippen LogP contribution in [-0.2, 0) is 6.54 Å². The van der Waals surface area contributed by atoms with Gasteiger partial charge >= 0.3 is 57.4 Å². The first-order valence-electron chi connectivity index (χ1n) is 4.91. The number of carboxylic acid groups (broad SMARTS) is 1. The summed E-state index contributed by atoms with van der Waals surface area (Å²) in [6.45, 7) is 0.614. The second kappa shape index (κ2) is 5.94. The molecule has 0 unspecified atom stereocenters. The van der Waals surface area contributed by atoms with Gasteiger partial charge in [-0.1, -0.05) is 6.42 Å². The molecule has 1 heterocycles. The molecule has 0 aliphatic heterocycles. The molecule has 1 saturated carbocycles. The molecule has 0 saturated heterocycles. The Bertz CT molecular complexity index is 437. The summed E-state index contributed by atoms with van der Waals surface area (Å²) in [5.74, 6) is -0.557. The first-order valence-corrected chi connectivity index (χ1v) is 4.91. The molecule has 80 valence electrons. The van der Waals surface area contributed by atoms with Crippen molar-refractivity contribution in [1.82, 2.24) is 9.78 Å². The van der Waals surface area contributed by atoms with Crippen molar-refractivity contribution in [3.8, 4) is 6.07 Å². The van der Waals surface area contributed by atoms with E-state index in [0.29, 0.717) is 12.5 Å². The SMILES string of the molecule is N#Cc1cnn(CC2CCC2)c1C(=O)O.[H-].[K+]. The van der Waals surface area contributed by atoms with Gasteiger partial charge in [0.1, 0.15) is 11.6 Å². The molecule has 1 aliphatic carbocycles. The zero-order valence-electron chi connectivity index (χ0n) is 10.2. The predicted molar refractivity (Wildman–Crippen MR) is 52.4 cm³/mol. The summed E-state index contributed by atoms with van der Waals surface area (Å²) in [6, 6.07) is 1.84. The Morgan fingerprint density at radius 1 is 1.75 bits per heavy atom. The van der Waals surface area contributed by atoms with Crippen LogP contribution in [-0.4, -0.2) is 20.9 Å². The van der Waals surface area contributed by atoms with Crippen molar-refractivity contribution in [3.63, 3.8) is 0 Å². The first-order chi connectivity index (χ1) is 7.22. The van der Waals surface area contributed by atoms with Crippen LogP contribution < -0.4 is 51.4 Å². The normalized spacial score (nSPS) is 14.7. The summed E-state index contributed by atoms with van der Waals surface area (Å²) < 4.78 is 1.44. The second-order valence-corrected chi connectivity index (χ2v) is 3.80. The Labute approximate surface area is 137 Å². The van der Waals surface area contributed by atoms with Crippen molar-refractivity contribution >= 4 is 5.97 Å². The summed E-state index contributed by atoms with van der Waals surface area (Å²) in [7, 11) is 0. The Balaban J connectivity index is 0.00000128. The topological polar surface area (TPSA) is 78.9 Å². The number of nitriles is 1. The molecular formula is C10H12KN3O2. The fraction of sp³-hybridized carbons (Fsp3) is 0.500. The van der Waals surface area contributed by atoms with Gasteiger partial charge in [0, 0.05) is 6.54 Å². The molecule has 0 radical (unpaired) electrons. The van der Waals surface area contributed by atoms with Gasteiger partial charge in [-0.05, 0) is 18.8 Å². The number of aromatic nitrogens is 2. The van der Waals surface area contributed by atoms with E-state index in [4.69, 9.17) is 10.4 Å². The van der Waals surface area contributed by atoms with Gasteiger partial charge in [0.05, 0.1) is 6.20 Å². The standard InChI is InChI=1S/C10H11N3O2.K.H/c11-4-8-5-12-13(9(8)10(14)15)6-7-2-1-3-7;;/h5,7H,1-3,6H2,(H,14,15);;/q;+1;-1. The van der Waals surface area contributed by atoms with E-state index in [-0.39, 0.29) is 64.1 Å². The van der Waals surface area contributed by atoms with Crippen LogP contribution in [0.4, 0.5) is 0 Å². The molecule has 0 spiro atoms. The Morgan fingerprint density at radius 3 is 2.88 bits per heavy atom. The van der Waals surface area contributed by atoms with Crippen molar-refractivity contribution in [2.24, 2.45) is 5.92 Å². The van der Waals surface area contributed by atoms with Crippen LogP contribution in [0.5, 0.6) is 0 Å². The number of rotatable bonds is 3. The molecule has 2 rings (SSSR count). The van der Waals surface area contributed by atoms with Crippen LogP contribution in [0.15, 0.2) is 6.20 Å². The molecule has 16 heavy (non-hydrogen) atoms. The summed E-state index contributed by atoms with van der Waals surface area (Å²) >= 11 is 0. The van der Waals surface area contributed by atoms with Crippen molar-refractivity contribution in [2.75, 3.05) is 0 Å². The van der Waals surface area contributed by atoms with E-state index in [9.17, 15) is 4.79 Å². The van der Waals surface area contributed by atoms with Crippen molar-refractivity contribution in [2.45, 2.75) is 25.8 Å². The molecule has 5 nitrogen and oxygen atoms in total. The molecule has 0 amide bonds. The molecule has 6 heteroatoms. The minimum atomic E-state index is -1.08. The maximum Gasteiger partial charge on any atom is 1.00 e. The van der Waals surface area contributed by atoms with Crippen LogP contribution >= 0.6 is 0 Å². The van der Waals surface area contributed by atoms with E-state index in [1.54, 1.807) is 0 Å². The number of hydrogen-bond acceptors (Lipinski definition) is 3. The molecule has 1 N–H and O–H groups in total. The maximum atomic E-state index is 10.9. The minimum Gasteiger partial charge on any atom is -1.00 e. The summed E-state index contributed by atoms with van der Waals surface area (Å²) in [6.07, 6.45) is 4.78. The van der Waals surface area contributed by atoms with Crippen molar-refractivity contribution in [3.05, 3.63) is 17.5 Å². The van der Waals surface area contributed by atoms with E-state index in [1.807, 2.05) is 6.07 Å². The second-order valence-electron chi connectivity index (χ2n) is 3.80. The predicted octanol–water partition coefficient (Wildman–Crippen LogP) is -1.63. The quantitative estimate of drug-likeness (QED) is 0.648. The molecule has 1 aromatic rings. The van der Waals surface area contributed by atoms with Crippen LogP contribution in [0, 0.1) is 17.2 Å². The Morgan fingerprint density at radius 2 is 2.44 bits per heavy atom. The molecule has 0 aromatic carbocycles. The largest absolute Gasteiger partial charge is 1.00 e. The Kier molecular flexibility index (Phi) is 5.15. The van der Waals surface area contributed by atoms with Crippen LogP contribution in [0.25, 0.3) is 0 Å². The van der Waals surface area contributed by atoms with Gasteiger partial charge in [-0.2, -0.15) is 10.4 Å². The number of carbonyl (C=O) groups is 1. The third kappa shape index (κ3) is 2.73. The van der Waals surface area contributed by atoms with E-state index >= 15 is 0 Å². The first kappa shape index (κ1) is 13.9. The van der Waals surface area contributed by atoms with Gasteiger partial charge in [-0.15, -0.1) is 0 Å². The van der Waals surface area contributed by atoms with Gasteiger partial charge in [0.2, 0.25) is 0 Å². The van der Waals surface area contributed by atoms with Gasteiger partial charge in [0.25, 0.3) is 0 Å². The van der Waals surface area contributed by atoms with Gasteiger partial charge in [0.15, 0.2) is 5.69 Å². The van der Waals surface area contributed by atoms with Crippen molar-refractivity contribution in [1.29, 1.82) is 5.26 Å². The van der Waals surface area contributed by atoms with Gasteiger partial charge in [-0.3, -0.25) is 4.68 Å². The molecule has 0 atom stereocenters. The maximum absolute atomic E-state index is 10.9. The van der Waals surface area contributed by atoms with E-state index in [0.717, 1.165) is 12.8 Å². The smallest absolute Gasteiger partial charge is 1.00 e. The zero-order valence-corrected chi connectivity index (χ0v) is 12.3. The summed E-state index contributed by atoms with van der Waals surface area (Å²) in [4.78, 5) is 10.9. The fourth-order valence-corrected chi connectivity index (χ4v) is 1.75. The molecular weight excluding hydrogens is 233 g/mol. The molecule has 0 bridgehead atoms. The third-order valence-electron chi connectivity index (χ3n) is 2.82. The summed E-state index contributed by atoms with van der Waals surface area (Å²) in [5.41, 5.74) is 0.159. The average Bonchev–Trinajstić information content (AvgIpc) is 2.54. The van der Waals surface area contributed by atoms with Gasteiger partial charge < -0.3 is 6.53 Å². The average molecular weight is 245 g/mol. The van der Waals surface area contributed by atoms with Crippen LogP contribution in [0.1, 0.15) is 36.7 Å². The molecule has 1 fully saturated rings. The molecule has 1 aromatic heterocycles. The van der Waals surface area contributed by atoms with Crippen LogP contribution in [0.2, 0.25) is 0 Å². The van der Waals surface area contributed by atoms with Crippen LogP contribution in [0.3, 0.4) is 0 Å². The Hall–Kier alpha value is -0.194. The number of hydrogen-bond donors (Lipinski definition) is 1. The number of carboxylic acids is 1.